The van der Waals surface area contributed by atoms with Gasteiger partial charge in [-0.15, -0.1) is 9.05 Å². The molecule has 0 aliphatic heterocycles. The maximum Gasteiger partial charge on any atom is 1.00 e. The smallest absolute Gasteiger partial charge is 0.861 e. The van der Waals surface area contributed by atoms with Crippen LogP contribution in [0.3, 0.4) is 0 Å². The molecule has 0 amide bonds. The Morgan fingerprint density at radius 2 is 1.00 bits per heavy atom. The van der Waals surface area contributed by atoms with E-state index in [1.165, 1.54) is 44.9 Å². The summed E-state index contributed by atoms with van der Waals surface area (Å²) in [7, 11) is -5.00. The molecule has 0 atom stereocenters. The topological polar surface area (TPSA) is 78.4 Å². The molecule has 0 aromatic carbocycles. The van der Waals surface area contributed by atoms with Crippen LogP contribution in [0, 0.1) is 0 Å². The molecule has 0 spiro atoms. The van der Waals surface area contributed by atoms with E-state index < -0.39 is 9.05 Å². The van der Waals surface area contributed by atoms with Gasteiger partial charge in [-0.1, -0.05) is 64.7 Å². The Hall–Kier alpha value is 3.06. The van der Waals surface area contributed by atoms with Crippen LogP contribution in [0.5, 0.6) is 0 Å². The summed E-state index contributed by atoms with van der Waals surface area (Å²) in [4.78, 5) is 30.5. The third kappa shape index (κ3) is 29.1. The van der Waals surface area contributed by atoms with Gasteiger partial charge in [0.05, 0.1) is 0 Å². The van der Waals surface area contributed by atoms with Crippen LogP contribution >= 0.6 is 0 Å². The van der Waals surface area contributed by atoms with Gasteiger partial charge in [0.15, 0.2) is 0 Å². The van der Waals surface area contributed by atoms with Gasteiger partial charge in [-0.2, -0.15) is 0 Å². The van der Waals surface area contributed by atoms with E-state index in [1.54, 1.807) is 0 Å². The molecule has 0 aromatic rings. The van der Waals surface area contributed by atoms with Gasteiger partial charge in [0, 0.05) is 6.61 Å². The first kappa shape index (κ1) is 30.9. The fourth-order valence-corrected chi connectivity index (χ4v) is 2.18. The van der Waals surface area contributed by atoms with Crippen molar-refractivity contribution >= 4 is 9.05 Å². The Bertz CT molecular complexity index is 171. The summed E-state index contributed by atoms with van der Waals surface area (Å²) >= 11 is 0. The molecule has 0 aromatic heterocycles. The second-order valence-electron chi connectivity index (χ2n) is 4.53. The maximum atomic E-state index is 10.2. The number of hydrogen-bond donors (Lipinski definition) is 0. The van der Waals surface area contributed by atoms with Gasteiger partial charge in [-0.05, 0) is 6.42 Å². The quantitative estimate of drug-likeness (QED) is 0.263. The van der Waals surface area contributed by atoms with Crippen molar-refractivity contribution in [3.8, 4) is 0 Å². The Morgan fingerprint density at radius 1 is 0.650 bits per heavy atom. The van der Waals surface area contributed by atoms with Crippen LogP contribution < -0.4 is 103 Å². The summed E-state index contributed by atoms with van der Waals surface area (Å²) in [5.74, 6) is 0. The predicted octanol–water partition coefficient (Wildman–Crippen LogP) is -8.55. The summed E-state index contributed by atoms with van der Waals surface area (Å²) < 4.78 is 4.17. The van der Waals surface area contributed by atoms with E-state index in [2.05, 4.69) is 11.3 Å². The number of rotatable bonds is 12. The molecule has 0 heterocycles. The monoisotopic (exact) mass is 330 g/mol. The first-order valence-electron chi connectivity index (χ1n) is 6.81. The Kier molecular flexibility index (Phi) is 34.1. The third-order valence-electron chi connectivity index (χ3n) is 2.78. The Labute approximate surface area is 191 Å². The zero-order chi connectivity index (χ0) is 13.0. The summed E-state index contributed by atoms with van der Waals surface area (Å²) in [6, 6.07) is 0. The van der Waals surface area contributed by atoms with Gasteiger partial charge in [0.25, 0.3) is 0 Å². The van der Waals surface area contributed by atoms with E-state index in [0.717, 1.165) is 12.8 Å². The molecular formula is C12H25Na3O4Si. The molecule has 0 fully saturated rings. The van der Waals surface area contributed by atoms with E-state index in [0.29, 0.717) is 6.42 Å². The first-order valence-corrected chi connectivity index (χ1v) is 8.45. The van der Waals surface area contributed by atoms with Crippen molar-refractivity contribution < 1.29 is 107 Å². The van der Waals surface area contributed by atoms with Crippen LogP contribution in [0.25, 0.3) is 0 Å². The molecule has 104 valence electrons. The second-order valence-corrected chi connectivity index (χ2v) is 5.82. The minimum atomic E-state index is -5.00. The second kappa shape index (κ2) is 22.1. The summed E-state index contributed by atoms with van der Waals surface area (Å²) in [5, 5.41) is 0. The molecule has 4 nitrogen and oxygen atoms in total. The zero-order valence-corrected chi connectivity index (χ0v) is 20.9. The van der Waals surface area contributed by atoms with E-state index in [1.807, 2.05) is 0 Å². The maximum absolute atomic E-state index is 10.2. The fourth-order valence-electron chi connectivity index (χ4n) is 1.79. The van der Waals surface area contributed by atoms with Crippen LogP contribution in [0.1, 0.15) is 71.1 Å². The Morgan fingerprint density at radius 3 is 1.35 bits per heavy atom. The molecule has 0 rings (SSSR count). The standard InChI is InChI=1S/C12H25O4Si.3Na/c1-2-3-4-5-6-7-8-9-10-11-12-16-17(13,14)15;;;/h2-12H2,1H3;;;/q-3;3*+1. The van der Waals surface area contributed by atoms with Crippen molar-refractivity contribution in [1.29, 1.82) is 0 Å². The van der Waals surface area contributed by atoms with Crippen molar-refractivity contribution in [1.82, 2.24) is 0 Å². The van der Waals surface area contributed by atoms with Crippen molar-refractivity contribution in [2.75, 3.05) is 6.61 Å². The predicted molar refractivity (Wildman–Crippen MR) is 63.6 cm³/mol. The van der Waals surface area contributed by atoms with E-state index in [4.69, 9.17) is 0 Å². The van der Waals surface area contributed by atoms with Crippen LogP contribution in [-0.2, 0) is 4.43 Å². The average Bonchev–Trinajstić information content (AvgIpc) is 2.24. The van der Waals surface area contributed by atoms with Gasteiger partial charge in [0.1, 0.15) is 0 Å². The van der Waals surface area contributed by atoms with Gasteiger partial charge in [0.2, 0.25) is 0 Å². The molecule has 0 bridgehead atoms. The van der Waals surface area contributed by atoms with E-state index >= 15 is 0 Å². The summed E-state index contributed by atoms with van der Waals surface area (Å²) in [6.45, 7) is 2.27. The van der Waals surface area contributed by atoms with Crippen molar-refractivity contribution in [3.63, 3.8) is 0 Å². The Balaban J connectivity index is -0.000000427. The van der Waals surface area contributed by atoms with Crippen molar-refractivity contribution in [2.45, 2.75) is 71.1 Å². The van der Waals surface area contributed by atoms with Crippen LogP contribution in [0.15, 0.2) is 0 Å². The van der Waals surface area contributed by atoms with Gasteiger partial charge in [-0.25, -0.2) is 0 Å². The van der Waals surface area contributed by atoms with Gasteiger partial charge >= 0.3 is 88.7 Å². The zero-order valence-electron chi connectivity index (χ0n) is 13.9. The average molecular weight is 330 g/mol. The van der Waals surface area contributed by atoms with Crippen LogP contribution in [0.2, 0.25) is 0 Å². The molecule has 0 aliphatic carbocycles. The van der Waals surface area contributed by atoms with Gasteiger partial charge < -0.3 is 18.8 Å². The fraction of sp³-hybridized carbons (Fsp3) is 1.00. The summed E-state index contributed by atoms with van der Waals surface area (Å²) in [6.07, 6.45) is 11.7. The molecule has 0 unspecified atom stereocenters. The normalized spacial score (nSPS) is 10.2. The van der Waals surface area contributed by atoms with Gasteiger partial charge in [-0.3, -0.25) is 0 Å². The minimum absolute atomic E-state index is 0. The molecule has 0 saturated heterocycles. The number of unbranched alkanes of at least 4 members (excludes halogenated alkanes) is 9. The molecule has 8 heteroatoms. The molecule has 0 radical (unpaired) electrons. The van der Waals surface area contributed by atoms with Crippen LogP contribution in [-0.4, -0.2) is 15.7 Å². The SMILES string of the molecule is CCCCCCCCCCCCO[Si]([O-])([O-])[O-].[Na+].[Na+].[Na+]. The molecule has 0 saturated carbocycles. The molecular weight excluding hydrogens is 305 g/mol. The minimum Gasteiger partial charge on any atom is -0.861 e. The van der Waals surface area contributed by atoms with E-state index in [-0.39, 0.29) is 95.3 Å². The molecule has 20 heavy (non-hydrogen) atoms. The third-order valence-corrected chi connectivity index (χ3v) is 3.33. The van der Waals surface area contributed by atoms with Crippen molar-refractivity contribution in [2.24, 2.45) is 0 Å². The largest absolute Gasteiger partial charge is 1.00 e. The van der Waals surface area contributed by atoms with Crippen molar-refractivity contribution in [3.05, 3.63) is 0 Å². The van der Waals surface area contributed by atoms with E-state index in [9.17, 15) is 14.4 Å². The molecule has 0 aliphatic rings. The van der Waals surface area contributed by atoms with Crippen LogP contribution in [0.4, 0.5) is 0 Å². The molecule has 0 N–H and O–H groups in total. The first-order chi connectivity index (χ1) is 8.06. The summed E-state index contributed by atoms with van der Waals surface area (Å²) in [5.41, 5.74) is 0. The number of hydrogen-bond acceptors (Lipinski definition) is 4.